The first-order valence-corrected chi connectivity index (χ1v) is 7.94. The first-order chi connectivity index (χ1) is 10.3. The van der Waals surface area contributed by atoms with Gasteiger partial charge in [0, 0.05) is 10.0 Å². The molecule has 6 heteroatoms. The summed E-state index contributed by atoms with van der Waals surface area (Å²) in [7, 11) is 0. The van der Waals surface area contributed by atoms with Crippen molar-refractivity contribution in [3.63, 3.8) is 0 Å². The van der Waals surface area contributed by atoms with Crippen LogP contribution >= 0.6 is 23.2 Å². The molecule has 2 atom stereocenters. The van der Waals surface area contributed by atoms with Gasteiger partial charge in [-0.1, -0.05) is 50.0 Å². The molecule has 1 aromatic carbocycles. The number of esters is 1. The highest BCUT2D eigenvalue weighted by atomic mass is 35.5. The minimum Gasteiger partial charge on any atom is -0.465 e. The number of primary amides is 1. The van der Waals surface area contributed by atoms with Gasteiger partial charge in [0.15, 0.2) is 0 Å². The highest BCUT2D eigenvalue weighted by molar-refractivity contribution is 6.35. The fourth-order valence-electron chi connectivity index (χ4n) is 2.22. The predicted molar refractivity (Wildman–Crippen MR) is 88.0 cm³/mol. The maximum absolute atomic E-state index is 12.3. The summed E-state index contributed by atoms with van der Waals surface area (Å²) in [5.74, 6) is -2.35. The summed E-state index contributed by atoms with van der Waals surface area (Å²) in [6, 6.07) is 4.77. The lowest BCUT2D eigenvalue weighted by molar-refractivity contribution is -0.152. The molecule has 1 rings (SSSR count). The fraction of sp³-hybridized carbons (Fsp3) is 0.500. The van der Waals surface area contributed by atoms with E-state index >= 15 is 0 Å². The minimum atomic E-state index is -0.838. The lowest BCUT2D eigenvalue weighted by Crippen LogP contribution is -2.34. The average Bonchev–Trinajstić information content (AvgIpc) is 2.42. The van der Waals surface area contributed by atoms with Crippen LogP contribution in [0.1, 0.15) is 38.7 Å². The smallest absolute Gasteiger partial charge is 0.310 e. The standard InChI is InChI=1S/C16H21Cl2NO3/c1-4-11(16(21)22-8-9(2)3)14(15(19)20)12-6-5-10(17)7-13(12)18/h5-7,9,11,14H,4,8H2,1-3H3,(H2,19,20). The second kappa shape index (κ2) is 8.39. The van der Waals surface area contributed by atoms with E-state index in [-0.39, 0.29) is 5.92 Å². The van der Waals surface area contributed by atoms with Crippen molar-refractivity contribution in [2.75, 3.05) is 6.61 Å². The Balaban J connectivity index is 3.11. The molecule has 0 aliphatic rings. The average molecular weight is 346 g/mol. The molecule has 4 nitrogen and oxygen atoms in total. The molecule has 1 aromatic rings. The van der Waals surface area contributed by atoms with Gasteiger partial charge in [-0.2, -0.15) is 0 Å². The lowest BCUT2D eigenvalue weighted by atomic mass is 9.83. The number of ether oxygens (including phenoxy) is 1. The zero-order chi connectivity index (χ0) is 16.9. The van der Waals surface area contributed by atoms with Crippen molar-refractivity contribution in [2.24, 2.45) is 17.6 Å². The van der Waals surface area contributed by atoms with Gasteiger partial charge in [0.05, 0.1) is 18.4 Å². The Bertz CT molecular complexity index is 546. The molecule has 0 bridgehead atoms. The highest BCUT2D eigenvalue weighted by Crippen LogP contribution is 2.34. The number of nitrogens with two attached hydrogens (primary N) is 1. The van der Waals surface area contributed by atoms with Crippen molar-refractivity contribution >= 4 is 35.1 Å². The van der Waals surface area contributed by atoms with Gasteiger partial charge >= 0.3 is 5.97 Å². The van der Waals surface area contributed by atoms with E-state index < -0.39 is 23.7 Å². The Labute approximate surface area is 140 Å². The maximum atomic E-state index is 12.3. The quantitative estimate of drug-likeness (QED) is 0.764. The summed E-state index contributed by atoms with van der Waals surface area (Å²) in [6.45, 7) is 5.99. The Morgan fingerprint density at radius 3 is 2.36 bits per heavy atom. The van der Waals surface area contributed by atoms with Crippen molar-refractivity contribution < 1.29 is 14.3 Å². The third kappa shape index (κ3) is 4.89. The molecular weight excluding hydrogens is 325 g/mol. The fourth-order valence-corrected chi connectivity index (χ4v) is 2.74. The van der Waals surface area contributed by atoms with E-state index in [2.05, 4.69) is 0 Å². The number of benzene rings is 1. The van der Waals surface area contributed by atoms with E-state index in [1.54, 1.807) is 19.1 Å². The largest absolute Gasteiger partial charge is 0.465 e. The first-order valence-electron chi connectivity index (χ1n) is 7.18. The molecule has 0 radical (unpaired) electrons. The van der Waals surface area contributed by atoms with Crippen LogP contribution < -0.4 is 5.73 Å². The van der Waals surface area contributed by atoms with Gasteiger partial charge in [0.1, 0.15) is 0 Å². The van der Waals surface area contributed by atoms with E-state index in [1.807, 2.05) is 13.8 Å². The van der Waals surface area contributed by atoms with E-state index in [0.717, 1.165) is 0 Å². The van der Waals surface area contributed by atoms with E-state index in [1.165, 1.54) is 6.07 Å². The summed E-state index contributed by atoms with van der Waals surface area (Å²) in [6.07, 6.45) is 0.420. The minimum absolute atomic E-state index is 0.215. The van der Waals surface area contributed by atoms with E-state index in [4.69, 9.17) is 33.7 Å². The van der Waals surface area contributed by atoms with Crippen LogP contribution in [0.25, 0.3) is 0 Å². The second-order valence-corrected chi connectivity index (χ2v) is 6.43. The number of rotatable bonds is 7. The SMILES string of the molecule is CCC(C(=O)OCC(C)C)C(C(N)=O)c1ccc(Cl)cc1Cl. The Hall–Kier alpha value is -1.26. The maximum Gasteiger partial charge on any atom is 0.310 e. The summed E-state index contributed by atoms with van der Waals surface area (Å²) in [5.41, 5.74) is 6.00. The molecule has 2 N–H and O–H groups in total. The van der Waals surface area contributed by atoms with Crippen LogP contribution in [0.15, 0.2) is 18.2 Å². The van der Waals surface area contributed by atoms with Crippen LogP contribution in [0.3, 0.4) is 0 Å². The van der Waals surface area contributed by atoms with Crippen LogP contribution in [0.2, 0.25) is 10.0 Å². The third-order valence-electron chi connectivity index (χ3n) is 3.31. The summed E-state index contributed by atoms with van der Waals surface area (Å²) < 4.78 is 5.26. The van der Waals surface area contributed by atoms with Gasteiger partial charge in [-0.25, -0.2) is 0 Å². The molecule has 0 aromatic heterocycles. The summed E-state index contributed by atoms with van der Waals surface area (Å²) in [4.78, 5) is 24.2. The Morgan fingerprint density at radius 2 is 1.91 bits per heavy atom. The van der Waals surface area contributed by atoms with Crippen LogP contribution in [0, 0.1) is 11.8 Å². The van der Waals surface area contributed by atoms with Crippen molar-refractivity contribution in [1.82, 2.24) is 0 Å². The molecule has 0 fully saturated rings. The van der Waals surface area contributed by atoms with Crippen LogP contribution in [0.5, 0.6) is 0 Å². The zero-order valence-corrected chi connectivity index (χ0v) is 14.4. The van der Waals surface area contributed by atoms with E-state index in [9.17, 15) is 9.59 Å². The molecular formula is C16H21Cl2NO3. The number of hydrogen-bond acceptors (Lipinski definition) is 3. The van der Waals surface area contributed by atoms with Crippen molar-refractivity contribution in [1.29, 1.82) is 0 Å². The molecule has 22 heavy (non-hydrogen) atoms. The van der Waals surface area contributed by atoms with Crippen LogP contribution in [-0.2, 0) is 14.3 Å². The lowest BCUT2D eigenvalue weighted by Gasteiger charge is -2.24. The number of carbonyl (C=O) groups excluding carboxylic acids is 2. The molecule has 0 saturated carbocycles. The molecule has 122 valence electrons. The van der Waals surface area contributed by atoms with Crippen LogP contribution in [0.4, 0.5) is 0 Å². The Kier molecular flexibility index (Phi) is 7.17. The first kappa shape index (κ1) is 18.8. The molecule has 0 saturated heterocycles. The van der Waals surface area contributed by atoms with Crippen LogP contribution in [-0.4, -0.2) is 18.5 Å². The highest BCUT2D eigenvalue weighted by Gasteiger charge is 2.35. The van der Waals surface area contributed by atoms with Gasteiger partial charge in [0.2, 0.25) is 5.91 Å². The number of hydrogen-bond donors (Lipinski definition) is 1. The molecule has 0 heterocycles. The second-order valence-electron chi connectivity index (χ2n) is 5.58. The topological polar surface area (TPSA) is 69.4 Å². The molecule has 1 amide bonds. The number of carbonyl (C=O) groups is 2. The molecule has 2 unspecified atom stereocenters. The van der Waals surface area contributed by atoms with Crippen molar-refractivity contribution in [2.45, 2.75) is 33.1 Å². The van der Waals surface area contributed by atoms with Gasteiger partial charge in [0.25, 0.3) is 0 Å². The number of amides is 1. The molecule has 0 spiro atoms. The predicted octanol–water partition coefficient (Wildman–Crippen LogP) is 3.79. The molecule has 0 aliphatic heterocycles. The monoisotopic (exact) mass is 345 g/mol. The normalized spacial score (nSPS) is 13.7. The third-order valence-corrected chi connectivity index (χ3v) is 3.87. The molecule has 0 aliphatic carbocycles. The van der Waals surface area contributed by atoms with Gasteiger partial charge in [-0.05, 0) is 30.0 Å². The van der Waals surface area contributed by atoms with Gasteiger partial charge in [-0.3, -0.25) is 9.59 Å². The van der Waals surface area contributed by atoms with Crippen molar-refractivity contribution in [3.8, 4) is 0 Å². The zero-order valence-electron chi connectivity index (χ0n) is 12.9. The van der Waals surface area contributed by atoms with Gasteiger partial charge in [-0.15, -0.1) is 0 Å². The van der Waals surface area contributed by atoms with Gasteiger partial charge < -0.3 is 10.5 Å². The summed E-state index contributed by atoms with van der Waals surface area (Å²) in [5, 5.41) is 0.763. The number of halogens is 2. The Morgan fingerprint density at radius 1 is 1.27 bits per heavy atom. The van der Waals surface area contributed by atoms with E-state index in [0.29, 0.717) is 28.6 Å². The summed E-state index contributed by atoms with van der Waals surface area (Å²) >= 11 is 12.0. The van der Waals surface area contributed by atoms with Crippen molar-refractivity contribution in [3.05, 3.63) is 33.8 Å².